The van der Waals surface area contributed by atoms with Gasteiger partial charge in [0.25, 0.3) is 0 Å². The third kappa shape index (κ3) is 4.33. The second-order valence-corrected chi connectivity index (χ2v) is 7.36. The van der Waals surface area contributed by atoms with Crippen LogP contribution in [0.2, 0.25) is 0 Å². The summed E-state index contributed by atoms with van der Waals surface area (Å²) in [7, 11) is 3.21. The van der Waals surface area contributed by atoms with E-state index in [9.17, 15) is 0 Å². The maximum absolute atomic E-state index is 5.39. The highest BCUT2D eigenvalue weighted by Gasteiger charge is 2.20. The number of hydrogen-bond donors (Lipinski definition) is 2. The van der Waals surface area contributed by atoms with Crippen molar-refractivity contribution in [2.45, 2.75) is 33.1 Å². The van der Waals surface area contributed by atoms with Gasteiger partial charge in [-0.05, 0) is 24.6 Å². The van der Waals surface area contributed by atoms with E-state index in [4.69, 9.17) is 14.0 Å². The number of nitrogens with one attached hydrogen (secondary N) is 2. The number of hydrogen-bond acceptors (Lipinski definition) is 8. The molecule has 0 atom stereocenters. The van der Waals surface area contributed by atoms with Crippen molar-refractivity contribution in [3.63, 3.8) is 0 Å². The lowest BCUT2D eigenvalue weighted by Gasteiger charge is -2.14. The third-order valence-corrected chi connectivity index (χ3v) is 4.14. The van der Waals surface area contributed by atoms with Crippen molar-refractivity contribution in [3.05, 3.63) is 41.8 Å². The molecule has 3 rings (SSSR count). The second kappa shape index (κ2) is 7.75. The van der Waals surface area contributed by atoms with E-state index in [1.54, 1.807) is 26.5 Å². The van der Waals surface area contributed by atoms with Gasteiger partial charge < -0.3 is 24.6 Å². The lowest BCUT2D eigenvalue weighted by atomic mass is 9.93. The first-order valence-electron chi connectivity index (χ1n) is 8.87. The molecule has 2 N–H and O–H groups in total. The number of aromatic nitrogens is 3. The Morgan fingerprint density at radius 2 is 1.68 bits per heavy atom. The van der Waals surface area contributed by atoms with Crippen LogP contribution in [0.25, 0.3) is 0 Å². The summed E-state index contributed by atoms with van der Waals surface area (Å²) in [6.07, 6.45) is 1.67. The zero-order valence-corrected chi connectivity index (χ0v) is 17.0. The first kappa shape index (κ1) is 19.5. The molecule has 3 aromatic rings. The smallest absolute Gasteiger partial charge is 0.229 e. The predicted octanol–water partition coefficient (Wildman–Crippen LogP) is 4.57. The van der Waals surface area contributed by atoms with Gasteiger partial charge in [-0.15, -0.1) is 0 Å². The summed E-state index contributed by atoms with van der Waals surface area (Å²) in [5, 5.41) is 10.4. The minimum atomic E-state index is -0.115. The van der Waals surface area contributed by atoms with E-state index < -0.39 is 0 Å². The predicted molar refractivity (Wildman–Crippen MR) is 108 cm³/mol. The Labute approximate surface area is 164 Å². The van der Waals surface area contributed by atoms with Gasteiger partial charge in [-0.3, -0.25) is 0 Å². The molecule has 0 aliphatic heterocycles. The van der Waals surface area contributed by atoms with Crippen molar-refractivity contribution < 1.29 is 14.0 Å². The normalized spacial score (nSPS) is 11.2. The van der Waals surface area contributed by atoms with E-state index in [0.29, 0.717) is 29.1 Å². The molecule has 0 saturated heterocycles. The molecule has 0 saturated carbocycles. The molecule has 0 aliphatic rings. The van der Waals surface area contributed by atoms with Crippen LogP contribution in [0.1, 0.15) is 32.1 Å². The van der Waals surface area contributed by atoms with E-state index in [1.165, 1.54) is 0 Å². The van der Waals surface area contributed by atoms with E-state index in [-0.39, 0.29) is 5.41 Å². The maximum atomic E-state index is 5.39. The Balaban J connectivity index is 1.80. The molecule has 0 unspecified atom stereocenters. The number of anilines is 4. The van der Waals surface area contributed by atoms with Crippen molar-refractivity contribution in [3.8, 4) is 11.5 Å². The topological polar surface area (TPSA) is 94.3 Å². The monoisotopic (exact) mass is 383 g/mol. The van der Waals surface area contributed by atoms with Gasteiger partial charge in [-0.1, -0.05) is 25.9 Å². The molecular weight excluding hydrogens is 358 g/mol. The largest absolute Gasteiger partial charge is 0.493 e. The molecule has 0 amide bonds. The number of ether oxygens (including phenoxy) is 2. The summed E-state index contributed by atoms with van der Waals surface area (Å²) in [5.74, 6) is 3.73. The van der Waals surface area contributed by atoms with Gasteiger partial charge >= 0.3 is 0 Å². The van der Waals surface area contributed by atoms with E-state index in [1.807, 2.05) is 25.1 Å². The molecule has 1 aromatic carbocycles. The zero-order chi connectivity index (χ0) is 20.3. The van der Waals surface area contributed by atoms with Crippen molar-refractivity contribution in [1.82, 2.24) is 15.1 Å². The average Bonchev–Trinajstić information content (AvgIpc) is 3.12. The fraction of sp³-hybridized carbons (Fsp3) is 0.350. The van der Waals surface area contributed by atoms with Gasteiger partial charge in [0.1, 0.15) is 11.6 Å². The quantitative estimate of drug-likeness (QED) is 0.639. The van der Waals surface area contributed by atoms with Crippen molar-refractivity contribution >= 4 is 23.3 Å². The molecule has 2 heterocycles. The summed E-state index contributed by atoms with van der Waals surface area (Å²) in [6, 6.07) is 7.38. The molecule has 8 nitrogen and oxygen atoms in total. The van der Waals surface area contributed by atoms with Gasteiger partial charge in [0, 0.05) is 29.4 Å². The molecule has 0 fully saturated rings. The summed E-state index contributed by atoms with van der Waals surface area (Å²) in [5.41, 5.74) is 1.69. The van der Waals surface area contributed by atoms with Crippen LogP contribution in [0, 0.1) is 6.92 Å². The van der Waals surface area contributed by atoms with Crippen LogP contribution < -0.4 is 20.1 Å². The Morgan fingerprint density at radius 3 is 2.32 bits per heavy atom. The molecule has 8 heteroatoms. The fourth-order valence-electron chi connectivity index (χ4n) is 2.54. The van der Waals surface area contributed by atoms with Crippen molar-refractivity contribution in [2.75, 3.05) is 24.9 Å². The molecule has 2 aromatic heterocycles. The lowest BCUT2D eigenvalue weighted by Crippen LogP contribution is -2.09. The Kier molecular flexibility index (Phi) is 5.39. The zero-order valence-electron chi connectivity index (χ0n) is 17.0. The number of rotatable bonds is 6. The van der Waals surface area contributed by atoms with E-state index >= 15 is 0 Å². The SMILES string of the molecule is COc1cc(C)c(Nc2nccc(Nc3cc(C(C)(C)C)on3)n2)cc1OC. The minimum absolute atomic E-state index is 0.115. The molecule has 0 radical (unpaired) electrons. The Morgan fingerprint density at radius 1 is 0.964 bits per heavy atom. The molecule has 148 valence electrons. The van der Waals surface area contributed by atoms with Gasteiger partial charge in [-0.2, -0.15) is 4.98 Å². The standard InChI is InChI=1S/C20H25N5O3/c1-12-9-14(26-5)15(27-6)10-13(12)22-19-21-8-7-17(24-19)23-18-11-16(28-25-18)20(2,3)4/h7-11H,1-6H3,(H2,21,22,23,24,25). The summed E-state index contributed by atoms with van der Waals surface area (Å²) in [4.78, 5) is 8.77. The number of benzene rings is 1. The highest BCUT2D eigenvalue weighted by Crippen LogP contribution is 2.34. The van der Waals surface area contributed by atoms with Crippen LogP contribution in [0.15, 0.2) is 35.0 Å². The first-order valence-corrected chi connectivity index (χ1v) is 8.87. The number of nitrogens with zero attached hydrogens (tertiary/aromatic N) is 3. The van der Waals surface area contributed by atoms with Gasteiger partial charge in [0.15, 0.2) is 17.3 Å². The summed E-state index contributed by atoms with van der Waals surface area (Å²) in [6.45, 7) is 8.16. The molecule has 28 heavy (non-hydrogen) atoms. The van der Waals surface area contributed by atoms with Gasteiger partial charge in [0.2, 0.25) is 5.95 Å². The number of methoxy groups -OCH3 is 2. The highest BCUT2D eigenvalue weighted by atomic mass is 16.5. The van der Waals surface area contributed by atoms with Crippen LogP contribution in [-0.2, 0) is 5.41 Å². The maximum Gasteiger partial charge on any atom is 0.229 e. The van der Waals surface area contributed by atoms with Gasteiger partial charge in [0.05, 0.1) is 14.2 Å². The van der Waals surface area contributed by atoms with Crippen molar-refractivity contribution in [2.24, 2.45) is 0 Å². The average molecular weight is 383 g/mol. The second-order valence-electron chi connectivity index (χ2n) is 7.36. The summed E-state index contributed by atoms with van der Waals surface area (Å²) >= 11 is 0. The number of aryl methyl sites for hydroxylation is 1. The molecular formula is C20H25N5O3. The first-order chi connectivity index (χ1) is 13.3. The van der Waals surface area contributed by atoms with Crippen LogP contribution in [0.5, 0.6) is 11.5 Å². The molecule has 0 aliphatic carbocycles. The minimum Gasteiger partial charge on any atom is -0.493 e. The van der Waals surface area contributed by atoms with Crippen LogP contribution >= 0.6 is 0 Å². The van der Waals surface area contributed by atoms with Gasteiger partial charge in [-0.25, -0.2) is 4.98 Å². The Hall–Kier alpha value is -3.29. The lowest BCUT2D eigenvalue weighted by molar-refractivity contribution is 0.331. The van der Waals surface area contributed by atoms with E-state index in [2.05, 4.69) is 46.5 Å². The Bertz CT molecular complexity index is 963. The van der Waals surface area contributed by atoms with Crippen LogP contribution in [-0.4, -0.2) is 29.3 Å². The van der Waals surface area contributed by atoms with E-state index in [0.717, 1.165) is 17.0 Å². The molecule has 0 bridgehead atoms. The highest BCUT2D eigenvalue weighted by molar-refractivity contribution is 5.65. The summed E-state index contributed by atoms with van der Waals surface area (Å²) < 4.78 is 16.1. The van der Waals surface area contributed by atoms with Crippen LogP contribution in [0.4, 0.5) is 23.3 Å². The van der Waals surface area contributed by atoms with Crippen molar-refractivity contribution in [1.29, 1.82) is 0 Å². The fourth-order valence-corrected chi connectivity index (χ4v) is 2.54. The third-order valence-electron chi connectivity index (χ3n) is 4.14. The van der Waals surface area contributed by atoms with Crippen LogP contribution in [0.3, 0.4) is 0 Å². The molecule has 0 spiro atoms.